The van der Waals surface area contributed by atoms with Crippen LogP contribution in [0.15, 0.2) is 35.7 Å². The number of hydrogen-bond donors (Lipinski definition) is 2. The number of aryl methyl sites for hydroxylation is 1. The maximum absolute atomic E-state index is 12.7. The Balaban J connectivity index is 1.75. The minimum atomic E-state index is -1.18. The molecular weight excluding hydrogens is 320 g/mol. The smallest absolute Gasteiger partial charge is 0.224 e. The summed E-state index contributed by atoms with van der Waals surface area (Å²) in [5.41, 5.74) is 0.213. The summed E-state index contributed by atoms with van der Waals surface area (Å²) in [5, 5.41) is 16.9. The van der Waals surface area contributed by atoms with Gasteiger partial charge in [-0.25, -0.2) is 4.98 Å². The van der Waals surface area contributed by atoms with Crippen LogP contribution in [0.5, 0.6) is 0 Å². The van der Waals surface area contributed by atoms with Crippen molar-refractivity contribution in [3.05, 3.63) is 52.0 Å². The lowest BCUT2D eigenvalue weighted by molar-refractivity contribution is -0.128. The third kappa shape index (κ3) is 3.52. The molecule has 0 radical (unpaired) electrons. The zero-order valence-electron chi connectivity index (χ0n) is 14.2. The van der Waals surface area contributed by atoms with Crippen LogP contribution in [0.4, 0.5) is 0 Å². The monoisotopic (exact) mass is 344 g/mol. The number of aliphatic hydroxyl groups is 1. The van der Waals surface area contributed by atoms with Crippen molar-refractivity contribution in [3.8, 4) is 0 Å². The van der Waals surface area contributed by atoms with Gasteiger partial charge in [0, 0.05) is 11.1 Å². The average molecular weight is 344 g/mol. The zero-order valence-corrected chi connectivity index (χ0v) is 15.0. The molecule has 1 aromatic carbocycles. The quantitative estimate of drug-likeness (QED) is 0.870. The summed E-state index contributed by atoms with van der Waals surface area (Å²) in [5.74, 6) is -0.126. The van der Waals surface area contributed by atoms with E-state index in [1.165, 1.54) is 0 Å². The fraction of sp³-hybridized carbons (Fsp3) is 0.474. The van der Waals surface area contributed by atoms with E-state index in [2.05, 4.69) is 10.3 Å². The Morgan fingerprint density at radius 1 is 1.33 bits per heavy atom. The first-order valence-corrected chi connectivity index (χ1v) is 9.31. The Morgan fingerprint density at radius 2 is 2.00 bits per heavy atom. The molecule has 1 aliphatic rings. The summed E-state index contributed by atoms with van der Waals surface area (Å²) in [4.78, 5) is 17.3. The number of amides is 1. The average Bonchev–Trinajstić information content (AvgIpc) is 3.17. The van der Waals surface area contributed by atoms with E-state index < -0.39 is 5.60 Å². The number of thiazole rings is 1. The number of aromatic nitrogens is 1. The van der Waals surface area contributed by atoms with E-state index in [4.69, 9.17) is 0 Å². The molecule has 0 saturated heterocycles. The second kappa shape index (κ2) is 6.65. The largest absolute Gasteiger partial charge is 0.385 e. The molecule has 128 valence electrons. The lowest BCUT2D eigenvalue weighted by Gasteiger charge is -2.30. The first kappa shape index (κ1) is 17.1. The highest BCUT2D eigenvalue weighted by Gasteiger charge is 2.40. The van der Waals surface area contributed by atoms with Crippen molar-refractivity contribution in [2.75, 3.05) is 0 Å². The number of benzene rings is 1. The first-order valence-electron chi connectivity index (χ1n) is 8.43. The molecule has 1 saturated carbocycles. The minimum Gasteiger partial charge on any atom is -0.385 e. The highest BCUT2D eigenvalue weighted by molar-refractivity contribution is 7.09. The summed E-state index contributed by atoms with van der Waals surface area (Å²) in [6.07, 6.45) is 4.06. The van der Waals surface area contributed by atoms with Gasteiger partial charge in [-0.05, 0) is 32.3 Å². The summed E-state index contributed by atoms with van der Waals surface area (Å²) < 4.78 is 0. The maximum atomic E-state index is 12.7. The molecule has 0 bridgehead atoms. The number of hydrogen-bond acceptors (Lipinski definition) is 4. The summed E-state index contributed by atoms with van der Waals surface area (Å²) in [6.45, 7) is 3.67. The van der Waals surface area contributed by atoms with E-state index in [-0.39, 0.29) is 17.9 Å². The second-order valence-electron chi connectivity index (χ2n) is 6.95. The van der Waals surface area contributed by atoms with E-state index in [0.29, 0.717) is 0 Å². The first-order chi connectivity index (χ1) is 11.4. The fourth-order valence-corrected chi connectivity index (χ4v) is 4.48. The van der Waals surface area contributed by atoms with Crippen molar-refractivity contribution >= 4 is 17.2 Å². The van der Waals surface area contributed by atoms with Gasteiger partial charge >= 0.3 is 0 Å². The lowest BCUT2D eigenvalue weighted by atomic mass is 9.91. The Kier molecular flexibility index (Phi) is 4.74. The van der Waals surface area contributed by atoms with Gasteiger partial charge in [0.1, 0.15) is 5.01 Å². The molecule has 2 aromatic rings. The van der Waals surface area contributed by atoms with E-state index >= 15 is 0 Å². The van der Waals surface area contributed by atoms with Gasteiger partial charge in [-0.3, -0.25) is 4.79 Å². The van der Waals surface area contributed by atoms with Gasteiger partial charge in [0.05, 0.1) is 17.6 Å². The lowest BCUT2D eigenvalue weighted by Crippen LogP contribution is -2.45. The van der Waals surface area contributed by atoms with Gasteiger partial charge in [-0.15, -0.1) is 11.3 Å². The van der Waals surface area contributed by atoms with E-state index in [1.54, 1.807) is 18.3 Å². The van der Waals surface area contributed by atoms with Crippen LogP contribution in [0.1, 0.15) is 55.3 Å². The van der Waals surface area contributed by atoms with Crippen LogP contribution in [-0.4, -0.2) is 16.0 Å². The summed E-state index contributed by atoms with van der Waals surface area (Å²) in [7, 11) is 0. The van der Waals surface area contributed by atoms with Crippen LogP contribution < -0.4 is 5.32 Å². The Labute approximate surface area is 146 Å². The number of carbonyl (C=O) groups is 1. The van der Waals surface area contributed by atoms with Gasteiger partial charge < -0.3 is 10.4 Å². The van der Waals surface area contributed by atoms with Crippen molar-refractivity contribution in [2.24, 2.45) is 0 Å². The van der Waals surface area contributed by atoms with Crippen molar-refractivity contribution in [1.82, 2.24) is 10.3 Å². The van der Waals surface area contributed by atoms with Gasteiger partial charge in [-0.2, -0.15) is 0 Å². The third-order valence-corrected chi connectivity index (χ3v) is 5.93. The van der Waals surface area contributed by atoms with Gasteiger partial charge in [0.25, 0.3) is 0 Å². The standard InChI is InChI=1S/C19H24N2O2S/c1-14-13-24-17(20-14)19(10-6-7-11-19)21-16(22)12-18(2,23)15-8-4-3-5-9-15/h3-5,8-9,13,23H,6-7,10-12H2,1-2H3,(H,21,22). The summed E-state index contributed by atoms with van der Waals surface area (Å²) in [6, 6.07) is 9.35. The highest BCUT2D eigenvalue weighted by Crippen LogP contribution is 2.40. The van der Waals surface area contributed by atoms with Gasteiger partial charge in [0.2, 0.25) is 5.91 Å². The van der Waals surface area contributed by atoms with Crippen LogP contribution in [0.3, 0.4) is 0 Å². The normalized spacial score (nSPS) is 19.0. The molecule has 1 heterocycles. The predicted octanol–water partition coefficient (Wildman–Crippen LogP) is 3.63. The molecule has 0 spiro atoms. The molecular formula is C19H24N2O2S. The molecule has 2 N–H and O–H groups in total. The molecule has 1 atom stereocenters. The second-order valence-corrected chi connectivity index (χ2v) is 7.81. The van der Waals surface area contributed by atoms with Crippen LogP contribution in [0.25, 0.3) is 0 Å². The third-order valence-electron chi connectivity index (χ3n) is 4.76. The fourth-order valence-electron chi connectivity index (χ4n) is 3.47. The molecule has 5 heteroatoms. The van der Waals surface area contributed by atoms with Crippen LogP contribution in [-0.2, 0) is 15.9 Å². The van der Waals surface area contributed by atoms with Crippen molar-refractivity contribution in [2.45, 2.75) is 57.1 Å². The number of carbonyl (C=O) groups excluding carboxylic acids is 1. The van der Waals surface area contributed by atoms with E-state index in [1.807, 2.05) is 42.6 Å². The molecule has 24 heavy (non-hydrogen) atoms. The van der Waals surface area contributed by atoms with E-state index in [0.717, 1.165) is 41.9 Å². The van der Waals surface area contributed by atoms with E-state index in [9.17, 15) is 9.90 Å². The topological polar surface area (TPSA) is 62.2 Å². The predicted molar refractivity (Wildman–Crippen MR) is 95.8 cm³/mol. The molecule has 1 amide bonds. The Bertz CT molecular complexity index is 703. The number of nitrogens with zero attached hydrogens (tertiary/aromatic N) is 1. The number of nitrogens with one attached hydrogen (secondary N) is 1. The van der Waals surface area contributed by atoms with Gasteiger partial charge in [0.15, 0.2) is 0 Å². The maximum Gasteiger partial charge on any atom is 0.224 e. The summed E-state index contributed by atoms with van der Waals surface area (Å²) >= 11 is 1.61. The Hall–Kier alpha value is -1.72. The Morgan fingerprint density at radius 3 is 2.58 bits per heavy atom. The minimum absolute atomic E-state index is 0.0448. The van der Waals surface area contributed by atoms with Crippen molar-refractivity contribution < 1.29 is 9.90 Å². The molecule has 1 aromatic heterocycles. The molecule has 1 aliphatic carbocycles. The van der Waals surface area contributed by atoms with Gasteiger partial charge in [-0.1, -0.05) is 43.2 Å². The van der Waals surface area contributed by atoms with Crippen molar-refractivity contribution in [1.29, 1.82) is 0 Å². The zero-order chi connectivity index (χ0) is 17.2. The highest BCUT2D eigenvalue weighted by atomic mass is 32.1. The molecule has 3 rings (SSSR count). The molecule has 0 aliphatic heterocycles. The molecule has 1 fully saturated rings. The van der Waals surface area contributed by atoms with Crippen LogP contribution in [0, 0.1) is 6.92 Å². The molecule has 1 unspecified atom stereocenters. The van der Waals surface area contributed by atoms with Crippen LogP contribution in [0.2, 0.25) is 0 Å². The SMILES string of the molecule is Cc1csc(C2(NC(=O)CC(C)(O)c3ccccc3)CCCC2)n1. The van der Waals surface area contributed by atoms with Crippen LogP contribution >= 0.6 is 11.3 Å². The van der Waals surface area contributed by atoms with Crippen molar-refractivity contribution in [3.63, 3.8) is 0 Å². The number of rotatable bonds is 5. The molecule has 4 nitrogen and oxygen atoms in total.